The van der Waals surface area contributed by atoms with E-state index in [-0.39, 0.29) is 6.71 Å². The summed E-state index contributed by atoms with van der Waals surface area (Å²) in [5.74, 6) is 0. The molecule has 3 heterocycles. The third-order valence-corrected chi connectivity index (χ3v) is 11.3. The Balaban J connectivity index is 1.45. The molecule has 3 aliphatic rings. The quantitative estimate of drug-likeness (QED) is 0.234. The monoisotopic (exact) mass is 755 g/mol. The van der Waals surface area contributed by atoms with Crippen LogP contribution in [0, 0.1) is 0 Å². The summed E-state index contributed by atoms with van der Waals surface area (Å²) < 4.78 is 51.5. The molecule has 0 radical (unpaired) electrons. The van der Waals surface area contributed by atoms with E-state index in [1.54, 1.807) is 24.8 Å². The van der Waals surface area contributed by atoms with E-state index in [4.69, 9.17) is 8.22 Å². The fraction of sp³-hybridized carbons (Fsp3) is 0.0526. The van der Waals surface area contributed by atoms with E-state index in [0.29, 0.717) is 8.29 Å². The zero-order valence-electron chi connectivity index (χ0n) is 29.6. The number of benzene rings is 5. The van der Waals surface area contributed by atoms with Crippen LogP contribution >= 0.6 is 0 Å². The van der Waals surface area contributed by atoms with Crippen LogP contribution in [0.5, 0.6) is 0 Å². The van der Waals surface area contributed by atoms with Crippen LogP contribution in [-0.4, -0.2) is 38.8 Å². The van der Waals surface area contributed by atoms with Gasteiger partial charge in [-0.3, -0.25) is 0 Å². The molecule has 0 unspecified atom stereocenters. The maximum atomic E-state index is 8.40. The van der Waals surface area contributed by atoms with Crippen molar-refractivity contribution in [3.05, 3.63) is 152 Å². The maximum absolute atomic E-state index is 8.40. The number of anilines is 2. The van der Waals surface area contributed by atoms with Gasteiger partial charge in [-0.1, -0.05) is 0 Å². The van der Waals surface area contributed by atoms with E-state index < -0.39 is 31.6 Å². The number of nitrogens with zero attached hydrogens (tertiary/aromatic N) is 4. The van der Waals surface area contributed by atoms with Gasteiger partial charge in [0.1, 0.15) is 0 Å². The van der Waals surface area contributed by atoms with Gasteiger partial charge in [-0.15, -0.1) is 0 Å². The Morgan fingerprint density at radius 2 is 1.00 bits per heavy atom. The summed E-state index contributed by atoms with van der Waals surface area (Å²) in [5.41, 5.74) is 9.25. The molecule has 0 aliphatic carbocycles. The second kappa shape index (κ2) is 11.1. The fourth-order valence-electron chi connectivity index (χ4n) is 6.16. The molecule has 0 spiro atoms. The van der Waals surface area contributed by atoms with Crippen molar-refractivity contribution in [2.24, 2.45) is 0 Å². The van der Waals surface area contributed by atoms with Gasteiger partial charge in [-0.25, -0.2) is 0 Å². The van der Waals surface area contributed by atoms with Gasteiger partial charge in [0.25, 0.3) is 0 Å². The molecule has 5 aromatic carbocycles. The SMILES string of the molecule is [2H]C([2H])([2H])N1C=CN2[C]1=[Pt]=[C]1N(C=CN1C([2H])([2H])[2H])c1cccc(c1)B(c1c(-c3ccccc3)cccc1-c1ccccc1)c1cccc2c1. The molecule has 4 bridgehead atoms. The third-order valence-electron chi connectivity index (χ3n) is 8.13. The molecule has 6 heteroatoms. The van der Waals surface area contributed by atoms with Crippen molar-refractivity contribution in [2.45, 2.75) is 0 Å². The molecule has 0 saturated heterocycles. The van der Waals surface area contributed by atoms with Crippen LogP contribution in [0.4, 0.5) is 11.4 Å². The van der Waals surface area contributed by atoms with Gasteiger partial charge in [0, 0.05) is 0 Å². The van der Waals surface area contributed by atoms with E-state index in [1.807, 2.05) is 46.2 Å². The van der Waals surface area contributed by atoms with Crippen LogP contribution < -0.4 is 26.2 Å². The summed E-state index contributed by atoms with van der Waals surface area (Å²) in [6.45, 7) is -5.17. The summed E-state index contributed by atoms with van der Waals surface area (Å²) in [6.07, 6.45) is 6.72. The van der Waals surface area contributed by atoms with Gasteiger partial charge < -0.3 is 0 Å². The average molecular weight is 756 g/mol. The topological polar surface area (TPSA) is 13.0 Å². The second-order valence-electron chi connectivity index (χ2n) is 10.8. The number of rotatable bonds is 3. The third kappa shape index (κ3) is 4.60. The molecule has 3 aliphatic heterocycles. The second-order valence-corrected chi connectivity index (χ2v) is 13.4. The zero-order valence-corrected chi connectivity index (χ0v) is 25.9. The van der Waals surface area contributed by atoms with Crippen LogP contribution in [0.3, 0.4) is 0 Å². The van der Waals surface area contributed by atoms with Gasteiger partial charge in [0.05, 0.1) is 0 Å². The normalized spacial score (nSPS) is 18.1. The Hall–Kier alpha value is -4.73. The Morgan fingerprint density at radius 3 is 1.48 bits per heavy atom. The average Bonchev–Trinajstić information content (AvgIpc) is 3.75. The molecule has 0 amide bonds. The molecule has 0 saturated carbocycles. The number of fused-ring (bicyclic) bond motifs is 8. The van der Waals surface area contributed by atoms with Gasteiger partial charge in [0.15, 0.2) is 0 Å². The molecule has 44 heavy (non-hydrogen) atoms. The van der Waals surface area contributed by atoms with Crippen LogP contribution in [-0.2, 0) is 17.6 Å². The van der Waals surface area contributed by atoms with Crippen molar-refractivity contribution in [3.63, 3.8) is 0 Å². The summed E-state index contributed by atoms with van der Waals surface area (Å²) in [4.78, 5) is 6.46. The zero-order chi connectivity index (χ0) is 34.6. The van der Waals surface area contributed by atoms with Crippen LogP contribution in [0.15, 0.2) is 152 Å². The minimum absolute atomic E-state index is 0.252. The Morgan fingerprint density at radius 1 is 0.523 bits per heavy atom. The van der Waals surface area contributed by atoms with E-state index in [2.05, 4.69) is 91.0 Å². The first-order valence-corrected chi connectivity index (χ1v) is 16.7. The molecular weight excluding hydrogens is 718 g/mol. The van der Waals surface area contributed by atoms with Crippen molar-refractivity contribution in [1.29, 1.82) is 0 Å². The fourth-order valence-corrected chi connectivity index (χ4v) is 8.97. The van der Waals surface area contributed by atoms with Crippen molar-refractivity contribution in [1.82, 2.24) is 9.80 Å². The molecule has 5 aromatic rings. The summed E-state index contributed by atoms with van der Waals surface area (Å²) in [5, 5.41) is 0. The van der Waals surface area contributed by atoms with Gasteiger partial charge >= 0.3 is 277 Å². The molecular formula is C38H31BN4Pt. The van der Waals surface area contributed by atoms with Gasteiger partial charge in [-0.05, 0) is 0 Å². The standard InChI is InChI=1S/C38H31BN4.Pt/c1-40-22-24-42(28-40)34-18-9-16-32(26-34)39(33-17-10-19-35(27-33)43-25-23-41(2)29-43)38-36(30-12-5-3-6-13-30)20-11-21-37(38)31-14-7-4-8-15-31;/h3-27H,1-2H3;/i1D3,2D3;. The predicted octanol–water partition coefficient (Wildman–Crippen LogP) is 5.25. The molecule has 0 fully saturated rings. The van der Waals surface area contributed by atoms with Crippen molar-refractivity contribution in [3.8, 4) is 22.3 Å². The van der Waals surface area contributed by atoms with E-state index in [1.165, 1.54) is 9.80 Å². The molecule has 4 nitrogen and oxygen atoms in total. The molecule has 0 aromatic heterocycles. The molecule has 216 valence electrons. The summed E-state index contributed by atoms with van der Waals surface area (Å²) in [7, 11) is 0. The Labute approximate surface area is 275 Å². The summed E-state index contributed by atoms with van der Waals surface area (Å²) in [6, 6.07) is 43.9. The van der Waals surface area contributed by atoms with E-state index in [0.717, 1.165) is 50.0 Å². The molecule has 0 atom stereocenters. The molecule has 8 rings (SSSR count). The number of hydrogen-bond acceptors (Lipinski definition) is 4. The van der Waals surface area contributed by atoms with Crippen molar-refractivity contribution in [2.75, 3.05) is 23.8 Å². The van der Waals surface area contributed by atoms with Crippen LogP contribution in [0.2, 0.25) is 0 Å². The van der Waals surface area contributed by atoms with Crippen molar-refractivity contribution < 1.29 is 25.9 Å². The van der Waals surface area contributed by atoms with Crippen molar-refractivity contribution >= 4 is 42.8 Å². The molecule has 0 N–H and O–H groups in total. The Bertz CT molecular complexity index is 2080. The summed E-state index contributed by atoms with van der Waals surface area (Å²) >= 11 is -1.37. The first kappa shape index (κ1) is 21.1. The first-order chi connectivity index (χ1) is 24.1. The van der Waals surface area contributed by atoms with Crippen LogP contribution in [0.1, 0.15) is 8.22 Å². The van der Waals surface area contributed by atoms with E-state index >= 15 is 0 Å². The predicted molar refractivity (Wildman–Crippen MR) is 184 cm³/mol. The van der Waals surface area contributed by atoms with Gasteiger partial charge in [-0.2, -0.15) is 0 Å². The van der Waals surface area contributed by atoms with Gasteiger partial charge in [0.2, 0.25) is 0 Å². The van der Waals surface area contributed by atoms with Crippen LogP contribution in [0.25, 0.3) is 22.3 Å². The minimum atomic E-state index is -2.46. The van der Waals surface area contributed by atoms with E-state index in [9.17, 15) is 0 Å². The first-order valence-electron chi connectivity index (χ1n) is 17.4. The number of hydrogen-bond donors (Lipinski definition) is 0. The Kier molecular flexibility index (Phi) is 5.30.